The van der Waals surface area contributed by atoms with Crippen LogP contribution in [0.15, 0.2) is 59.8 Å². The summed E-state index contributed by atoms with van der Waals surface area (Å²) < 4.78 is 0. The van der Waals surface area contributed by atoms with Gasteiger partial charge in [-0.05, 0) is 48.7 Å². The van der Waals surface area contributed by atoms with Gasteiger partial charge in [-0.15, -0.1) is 0 Å². The first-order chi connectivity index (χ1) is 13.5. The molecule has 0 bridgehead atoms. The van der Waals surface area contributed by atoms with Crippen molar-refractivity contribution in [2.45, 2.75) is 31.6 Å². The number of hydrogen-bond donors (Lipinski definition) is 1. The molecule has 0 saturated carbocycles. The van der Waals surface area contributed by atoms with Crippen LogP contribution in [0.4, 0.5) is 5.69 Å². The second kappa shape index (κ2) is 7.24. The predicted octanol–water partition coefficient (Wildman–Crippen LogP) is 4.57. The van der Waals surface area contributed by atoms with Gasteiger partial charge in [-0.2, -0.15) is 0 Å². The van der Waals surface area contributed by atoms with Crippen LogP contribution in [-0.2, 0) is 9.59 Å². The first kappa shape index (κ1) is 18.4. The molecule has 1 atom stereocenters. The molecule has 28 heavy (non-hydrogen) atoms. The first-order valence-corrected chi connectivity index (χ1v) is 9.51. The molecule has 1 heterocycles. The van der Waals surface area contributed by atoms with Crippen LogP contribution in [-0.4, -0.2) is 22.8 Å². The van der Waals surface area contributed by atoms with Gasteiger partial charge in [-0.25, -0.2) is 4.79 Å². The van der Waals surface area contributed by atoms with Gasteiger partial charge in [0, 0.05) is 40.7 Å². The maximum atomic E-state index is 13.1. The average Bonchev–Trinajstić information content (AvgIpc) is 2.67. The van der Waals surface area contributed by atoms with Crippen molar-refractivity contribution in [3.8, 4) is 0 Å². The maximum Gasteiger partial charge on any atom is 0.335 e. The van der Waals surface area contributed by atoms with Gasteiger partial charge in [0.1, 0.15) is 0 Å². The highest BCUT2D eigenvalue weighted by molar-refractivity contribution is 6.30. The highest BCUT2D eigenvalue weighted by Gasteiger charge is 2.39. The summed E-state index contributed by atoms with van der Waals surface area (Å²) in [6.45, 7) is 0. The molecule has 4 rings (SSSR count). The summed E-state index contributed by atoms with van der Waals surface area (Å²) >= 11 is 6.13. The number of carbonyl (C=O) groups excluding carboxylic acids is 2. The lowest BCUT2D eigenvalue weighted by molar-refractivity contribution is -0.119. The van der Waals surface area contributed by atoms with Gasteiger partial charge in [0.2, 0.25) is 5.91 Å². The Morgan fingerprint density at radius 2 is 1.86 bits per heavy atom. The van der Waals surface area contributed by atoms with Crippen molar-refractivity contribution in [2.75, 3.05) is 4.90 Å². The van der Waals surface area contributed by atoms with Gasteiger partial charge >= 0.3 is 5.97 Å². The fourth-order valence-corrected chi connectivity index (χ4v) is 4.28. The summed E-state index contributed by atoms with van der Waals surface area (Å²) in [5, 5.41) is 9.84. The molecular formula is C22H18ClNO4. The Labute approximate surface area is 167 Å². The van der Waals surface area contributed by atoms with Gasteiger partial charge < -0.3 is 5.11 Å². The Morgan fingerprint density at radius 1 is 1.07 bits per heavy atom. The monoisotopic (exact) mass is 395 g/mol. The normalized spacial score (nSPS) is 19.6. The molecule has 2 aromatic carbocycles. The number of ketones is 1. The summed E-state index contributed by atoms with van der Waals surface area (Å²) in [6, 6.07) is 13.5. The Bertz CT molecular complexity index is 1030. The van der Waals surface area contributed by atoms with E-state index in [-0.39, 0.29) is 29.6 Å². The van der Waals surface area contributed by atoms with E-state index in [4.69, 9.17) is 11.6 Å². The van der Waals surface area contributed by atoms with E-state index in [2.05, 4.69) is 0 Å². The molecule has 1 aliphatic heterocycles. The Hall–Kier alpha value is -2.92. The highest BCUT2D eigenvalue weighted by atomic mass is 35.5. The number of rotatable bonds is 3. The smallest absolute Gasteiger partial charge is 0.335 e. The third kappa shape index (κ3) is 3.22. The fraction of sp³-hybridized carbons (Fsp3) is 0.227. The highest BCUT2D eigenvalue weighted by Crippen LogP contribution is 2.43. The van der Waals surface area contributed by atoms with E-state index >= 15 is 0 Å². The van der Waals surface area contributed by atoms with E-state index in [1.807, 2.05) is 12.1 Å². The Kier molecular flexibility index (Phi) is 4.77. The molecule has 1 unspecified atom stereocenters. The number of halogens is 1. The third-order valence-electron chi connectivity index (χ3n) is 5.28. The number of nitrogens with zero attached hydrogens (tertiary/aromatic N) is 1. The van der Waals surface area contributed by atoms with Crippen molar-refractivity contribution in [3.05, 3.63) is 76.0 Å². The lowest BCUT2D eigenvalue weighted by Crippen LogP contribution is -2.40. The van der Waals surface area contributed by atoms with E-state index in [0.717, 1.165) is 5.56 Å². The minimum absolute atomic E-state index is 0.0399. The SMILES string of the molecule is O=C1CCCC2=C1C(c1cccc(Cl)c1)CC(=O)N2c1cccc(C(=O)O)c1. The second-order valence-corrected chi connectivity index (χ2v) is 7.47. The molecule has 142 valence electrons. The van der Waals surface area contributed by atoms with Crippen LogP contribution in [0.1, 0.15) is 47.5 Å². The van der Waals surface area contributed by atoms with Crippen molar-refractivity contribution in [2.24, 2.45) is 0 Å². The minimum Gasteiger partial charge on any atom is -0.478 e. The van der Waals surface area contributed by atoms with Crippen molar-refractivity contribution >= 4 is 34.9 Å². The van der Waals surface area contributed by atoms with Gasteiger partial charge in [-0.1, -0.05) is 29.8 Å². The molecular weight excluding hydrogens is 378 g/mol. The van der Waals surface area contributed by atoms with Crippen LogP contribution >= 0.6 is 11.6 Å². The largest absolute Gasteiger partial charge is 0.478 e. The number of carbonyl (C=O) groups is 3. The van der Waals surface area contributed by atoms with Crippen LogP contribution in [0.2, 0.25) is 5.02 Å². The number of carboxylic acid groups (broad SMARTS) is 1. The average molecular weight is 396 g/mol. The second-order valence-electron chi connectivity index (χ2n) is 7.03. The molecule has 0 aromatic heterocycles. The topological polar surface area (TPSA) is 74.7 Å². The summed E-state index contributed by atoms with van der Waals surface area (Å²) in [7, 11) is 0. The van der Waals surface area contributed by atoms with Crippen molar-refractivity contribution in [1.29, 1.82) is 0 Å². The van der Waals surface area contributed by atoms with Crippen molar-refractivity contribution in [1.82, 2.24) is 0 Å². The molecule has 1 amide bonds. The van der Waals surface area contributed by atoms with E-state index in [9.17, 15) is 19.5 Å². The summed E-state index contributed by atoms with van der Waals surface area (Å²) in [6.07, 6.45) is 1.86. The third-order valence-corrected chi connectivity index (χ3v) is 5.51. The molecule has 5 nitrogen and oxygen atoms in total. The van der Waals surface area contributed by atoms with E-state index in [1.165, 1.54) is 17.0 Å². The van der Waals surface area contributed by atoms with Gasteiger partial charge in [0.15, 0.2) is 5.78 Å². The molecule has 0 radical (unpaired) electrons. The molecule has 0 fully saturated rings. The van der Waals surface area contributed by atoms with Crippen LogP contribution in [0.25, 0.3) is 0 Å². The van der Waals surface area contributed by atoms with Crippen molar-refractivity contribution < 1.29 is 19.5 Å². The number of hydrogen-bond acceptors (Lipinski definition) is 3. The zero-order chi connectivity index (χ0) is 19.8. The van der Waals surface area contributed by atoms with Crippen LogP contribution in [0.3, 0.4) is 0 Å². The zero-order valence-electron chi connectivity index (χ0n) is 15.0. The molecule has 1 aliphatic carbocycles. The summed E-state index contributed by atoms with van der Waals surface area (Å²) in [4.78, 5) is 38.8. The molecule has 0 spiro atoms. The number of Topliss-reactive ketones (excluding diaryl/α,β-unsaturated/α-hetero) is 1. The number of allylic oxidation sites excluding steroid dienone is 2. The zero-order valence-corrected chi connectivity index (χ0v) is 15.8. The van der Waals surface area contributed by atoms with E-state index in [0.29, 0.717) is 41.2 Å². The van der Waals surface area contributed by atoms with Crippen LogP contribution in [0, 0.1) is 0 Å². The number of anilines is 1. The van der Waals surface area contributed by atoms with Crippen LogP contribution < -0.4 is 4.90 Å². The predicted molar refractivity (Wildman–Crippen MR) is 106 cm³/mol. The Morgan fingerprint density at radius 3 is 2.61 bits per heavy atom. The quantitative estimate of drug-likeness (QED) is 0.826. The van der Waals surface area contributed by atoms with E-state index < -0.39 is 5.97 Å². The molecule has 0 saturated heterocycles. The Balaban J connectivity index is 1.86. The number of carboxylic acids is 1. The molecule has 6 heteroatoms. The first-order valence-electron chi connectivity index (χ1n) is 9.13. The molecule has 1 N–H and O–H groups in total. The number of aromatic carboxylic acids is 1. The van der Waals surface area contributed by atoms with Crippen LogP contribution in [0.5, 0.6) is 0 Å². The maximum absolute atomic E-state index is 13.1. The van der Waals surface area contributed by atoms with Gasteiger partial charge in [0.05, 0.1) is 5.56 Å². The number of amides is 1. The lowest BCUT2D eigenvalue weighted by Gasteiger charge is -2.38. The molecule has 2 aliphatic rings. The fourth-order valence-electron chi connectivity index (χ4n) is 4.08. The number of benzene rings is 2. The van der Waals surface area contributed by atoms with Gasteiger partial charge in [-0.3, -0.25) is 14.5 Å². The van der Waals surface area contributed by atoms with Crippen molar-refractivity contribution in [3.63, 3.8) is 0 Å². The van der Waals surface area contributed by atoms with Gasteiger partial charge in [0.25, 0.3) is 0 Å². The van der Waals surface area contributed by atoms with E-state index in [1.54, 1.807) is 24.3 Å². The standard InChI is InChI=1S/C22H18ClNO4/c23-15-6-1-4-13(10-15)17-12-20(26)24(18-8-3-9-19(25)21(17)18)16-7-2-5-14(11-16)22(27)28/h1-2,4-7,10-11,17H,3,8-9,12H2,(H,27,28). The minimum atomic E-state index is -1.06. The lowest BCUT2D eigenvalue weighted by atomic mass is 9.77. The summed E-state index contributed by atoms with van der Waals surface area (Å²) in [5.41, 5.74) is 2.76. The molecule has 2 aromatic rings. The summed E-state index contributed by atoms with van der Waals surface area (Å²) in [5.74, 6) is -1.50.